The Balaban J connectivity index is 2.13. The largest absolute Gasteiger partial charge is 0.331 e. The molecule has 0 spiro atoms. The van der Waals surface area contributed by atoms with E-state index in [0.29, 0.717) is 25.1 Å². The Labute approximate surface area is 147 Å². The molecule has 2 amide bonds. The summed E-state index contributed by atoms with van der Waals surface area (Å²) < 4.78 is 26.6. The minimum atomic E-state index is -3.68. The van der Waals surface area contributed by atoms with Gasteiger partial charge in [0.2, 0.25) is 21.8 Å². The van der Waals surface area contributed by atoms with Crippen LogP contribution in [0.15, 0.2) is 29.2 Å². The summed E-state index contributed by atoms with van der Waals surface area (Å²) in [4.78, 5) is 26.0. The number of anilines is 1. The number of rotatable bonds is 8. The maximum atomic E-state index is 12.5. The van der Waals surface area contributed by atoms with Crippen molar-refractivity contribution in [3.05, 3.63) is 24.3 Å². The van der Waals surface area contributed by atoms with E-state index in [-0.39, 0.29) is 29.8 Å². The molecule has 25 heavy (non-hydrogen) atoms. The zero-order chi connectivity index (χ0) is 18.4. The van der Waals surface area contributed by atoms with Crippen molar-refractivity contribution in [1.82, 2.24) is 9.62 Å². The van der Waals surface area contributed by atoms with Crippen LogP contribution in [-0.4, -0.2) is 50.8 Å². The van der Waals surface area contributed by atoms with Gasteiger partial charge in [0.25, 0.3) is 0 Å². The van der Waals surface area contributed by atoms with E-state index in [2.05, 4.69) is 10.0 Å². The molecule has 0 radical (unpaired) electrons. The van der Waals surface area contributed by atoms with Gasteiger partial charge in [-0.05, 0) is 31.0 Å². The first kappa shape index (κ1) is 19.4. The van der Waals surface area contributed by atoms with Gasteiger partial charge in [0.05, 0.1) is 4.90 Å². The van der Waals surface area contributed by atoms with E-state index in [1.165, 1.54) is 12.1 Å². The molecule has 9 heteroatoms. The Hall–Kier alpha value is -1.97. The normalized spacial score (nSPS) is 16.1. The molecular weight excluding hydrogens is 344 g/mol. The van der Waals surface area contributed by atoms with Crippen molar-refractivity contribution < 1.29 is 18.0 Å². The molecule has 1 saturated heterocycles. The minimum absolute atomic E-state index is 0.0238. The van der Waals surface area contributed by atoms with Crippen LogP contribution in [0.1, 0.15) is 26.2 Å². The first-order valence-electron chi connectivity index (χ1n) is 8.29. The number of benzene rings is 1. The molecule has 2 rings (SSSR count). The molecule has 1 unspecified atom stereocenters. The van der Waals surface area contributed by atoms with Crippen molar-refractivity contribution in [3.8, 4) is 0 Å². The number of hydrogen-bond acceptors (Lipinski definition) is 5. The third-order valence-corrected chi connectivity index (χ3v) is 5.48. The molecule has 138 valence electrons. The van der Waals surface area contributed by atoms with E-state index in [0.717, 1.165) is 6.42 Å². The van der Waals surface area contributed by atoms with Crippen molar-refractivity contribution in [2.24, 2.45) is 5.73 Å². The number of amides is 2. The number of nitrogens with zero attached hydrogens (tertiary/aromatic N) is 1. The Morgan fingerprint density at radius 3 is 2.76 bits per heavy atom. The number of nitrogens with two attached hydrogens (primary N) is 1. The quantitative estimate of drug-likeness (QED) is 0.608. The van der Waals surface area contributed by atoms with E-state index in [9.17, 15) is 18.0 Å². The molecule has 1 aromatic rings. The van der Waals surface area contributed by atoms with Gasteiger partial charge in [0.1, 0.15) is 6.04 Å². The topological polar surface area (TPSA) is 122 Å². The van der Waals surface area contributed by atoms with E-state index >= 15 is 0 Å². The lowest BCUT2D eigenvalue weighted by molar-refractivity contribution is -0.135. The second kappa shape index (κ2) is 8.41. The van der Waals surface area contributed by atoms with Crippen LogP contribution < -0.4 is 15.8 Å². The van der Waals surface area contributed by atoms with Crippen LogP contribution >= 0.6 is 0 Å². The highest BCUT2D eigenvalue weighted by Gasteiger charge is 2.31. The Kier molecular flexibility index (Phi) is 6.51. The van der Waals surface area contributed by atoms with Gasteiger partial charge in [0, 0.05) is 31.7 Å². The number of sulfonamides is 1. The van der Waals surface area contributed by atoms with Crippen LogP contribution in [0.3, 0.4) is 0 Å². The number of carbonyl (C=O) groups excluding carboxylic acids is 2. The predicted octanol–water partition coefficient (Wildman–Crippen LogP) is 0.263. The Bertz CT molecular complexity index is 735. The minimum Gasteiger partial charge on any atom is -0.331 e. The number of carbonyl (C=O) groups is 2. The lowest BCUT2D eigenvalue weighted by Gasteiger charge is -2.25. The predicted molar refractivity (Wildman–Crippen MR) is 94.3 cm³/mol. The standard InChI is InChI=1S/C16H24N4O4S/c1-2-14(20-10-4-7-15(20)21)16(22)19-12-5-3-6-13(11-12)25(23,24)18-9-8-17/h3,5-6,11,14,18H,2,4,7-10,17H2,1H3,(H,19,22). The lowest BCUT2D eigenvalue weighted by atomic mass is 10.1. The van der Waals surface area contributed by atoms with Crippen LogP contribution in [-0.2, 0) is 19.6 Å². The third-order valence-electron chi connectivity index (χ3n) is 4.02. The summed E-state index contributed by atoms with van der Waals surface area (Å²) in [5.41, 5.74) is 5.68. The number of likely N-dealkylation sites (tertiary alicyclic amines) is 1. The van der Waals surface area contributed by atoms with Crippen LogP contribution in [0.2, 0.25) is 0 Å². The first-order chi connectivity index (χ1) is 11.9. The van der Waals surface area contributed by atoms with Crippen molar-refractivity contribution in [2.75, 3.05) is 25.0 Å². The summed E-state index contributed by atoms with van der Waals surface area (Å²) in [7, 11) is -3.68. The van der Waals surface area contributed by atoms with Crippen molar-refractivity contribution in [3.63, 3.8) is 0 Å². The zero-order valence-electron chi connectivity index (χ0n) is 14.2. The average Bonchev–Trinajstić information content (AvgIpc) is 3.00. The van der Waals surface area contributed by atoms with Gasteiger partial charge in [-0.15, -0.1) is 0 Å². The fourth-order valence-electron chi connectivity index (χ4n) is 2.79. The molecule has 1 aliphatic heterocycles. The van der Waals surface area contributed by atoms with Gasteiger partial charge >= 0.3 is 0 Å². The highest BCUT2D eigenvalue weighted by Crippen LogP contribution is 2.19. The molecule has 0 aliphatic carbocycles. The summed E-state index contributed by atoms with van der Waals surface area (Å²) >= 11 is 0. The SMILES string of the molecule is CCC(C(=O)Nc1cccc(S(=O)(=O)NCCN)c1)N1CCCC1=O. The van der Waals surface area contributed by atoms with Crippen molar-refractivity contribution >= 4 is 27.5 Å². The second-order valence-corrected chi connectivity index (χ2v) is 7.59. The average molecular weight is 368 g/mol. The van der Waals surface area contributed by atoms with Gasteiger partial charge in [-0.1, -0.05) is 13.0 Å². The summed E-state index contributed by atoms with van der Waals surface area (Å²) in [5.74, 6) is -0.341. The highest BCUT2D eigenvalue weighted by atomic mass is 32.2. The van der Waals surface area contributed by atoms with Gasteiger partial charge in [-0.3, -0.25) is 9.59 Å². The molecule has 1 aromatic carbocycles. The maximum Gasteiger partial charge on any atom is 0.247 e. The van der Waals surface area contributed by atoms with Crippen LogP contribution in [0, 0.1) is 0 Å². The Morgan fingerprint density at radius 2 is 2.16 bits per heavy atom. The Morgan fingerprint density at radius 1 is 1.40 bits per heavy atom. The molecule has 0 bridgehead atoms. The zero-order valence-corrected chi connectivity index (χ0v) is 15.0. The number of nitrogens with one attached hydrogen (secondary N) is 2. The fraction of sp³-hybridized carbons (Fsp3) is 0.500. The van der Waals surface area contributed by atoms with E-state index in [4.69, 9.17) is 5.73 Å². The molecule has 1 fully saturated rings. The monoisotopic (exact) mass is 368 g/mol. The van der Waals surface area contributed by atoms with E-state index in [1.54, 1.807) is 17.0 Å². The fourth-order valence-corrected chi connectivity index (χ4v) is 3.88. The van der Waals surface area contributed by atoms with Gasteiger partial charge in [0.15, 0.2) is 0 Å². The molecule has 4 N–H and O–H groups in total. The van der Waals surface area contributed by atoms with E-state index < -0.39 is 16.1 Å². The van der Waals surface area contributed by atoms with E-state index in [1.807, 2.05) is 6.92 Å². The smallest absolute Gasteiger partial charge is 0.247 e. The first-order valence-corrected chi connectivity index (χ1v) is 9.77. The summed E-state index contributed by atoms with van der Waals surface area (Å²) in [6, 6.07) is 5.43. The lowest BCUT2D eigenvalue weighted by Crippen LogP contribution is -2.44. The molecule has 1 atom stereocenters. The van der Waals surface area contributed by atoms with Crippen LogP contribution in [0.4, 0.5) is 5.69 Å². The van der Waals surface area contributed by atoms with Gasteiger partial charge in [-0.25, -0.2) is 13.1 Å². The summed E-state index contributed by atoms with van der Waals surface area (Å²) in [6.07, 6.45) is 1.71. The highest BCUT2D eigenvalue weighted by molar-refractivity contribution is 7.89. The van der Waals surface area contributed by atoms with Crippen molar-refractivity contribution in [2.45, 2.75) is 37.1 Å². The molecule has 1 heterocycles. The van der Waals surface area contributed by atoms with Gasteiger partial charge < -0.3 is 16.0 Å². The summed E-state index contributed by atoms with van der Waals surface area (Å²) in [6.45, 7) is 2.74. The maximum absolute atomic E-state index is 12.5. The van der Waals surface area contributed by atoms with Crippen LogP contribution in [0.5, 0.6) is 0 Å². The molecular formula is C16H24N4O4S. The third kappa shape index (κ3) is 4.77. The number of hydrogen-bond donors (Lipinski definition) is 3. The second-order valence-electron chi connectivity index (χ2n) is 5.82. The molecule has 0 saturated carbocycles. The van der Waals surface area contributed by atoms with Crippen LogP contribution in [0.25, 0.3) is 0 Å². The molecule has 0 aromatic heterocycles. The van der Waals surface area contributed by atoms with Gasteiger partial charge in [-0.2, -0.15) is 0 Å². The molecule has 1 aliphatic rings. The van der Waals surface area contributed by atoms with Crippen molar-refractivity contribution in [1.29, 1.82) is 0 Å². The molecule has 8 nitrogen and oxygen atoms in total. The summed E-state index contributed by atoms with van der Waals surface area (Å²) in [5, 5.41) is 2.71.